The van der Waals surface area contributed by atoms with E-state index in [1.165, 1.54) is 11.1 Å². The number of rotatable bonds is 4. The first-order valence-corrected chi connectivity index (χ1v) is 9.97. The summed E-state index contributed by atoms with van der Waals surface area (Å²) in [5, 5.41) is 10.1. The molecule has 1 aliphatic rings. The fourth-order valence-electron chi connectivity index (χ4n) is 3.65. The van der Waals surface area contributed by atoms with Crippen LogP contribution in [0.15, 0.2) is 54.9 Å². The number of aromatic nitrogens is 3. The van der Waals surface area contributed by atoms with Crippen LogP contribution < -0.4 is 0 Å². The lowest BCUT2D eigenvalue weighted by atomic mass is 10.0. The van der Waals surface area contributed by atoms with E-state index in [1.807, 2.05) is 0 Å². The van der Waals surface area contributed by atoms with E-state index in [2.05, 4.69) is 15.0 Å². The summed E-state index contributed by atoms with van der Waals surface area (Å²) in [5.74, 6) is -1.36. The Kier molecular flexibility index (Phi) is 5.65. The summed E-state index contributed by atoms with van der Waals surface area (Å²) in [5.41, 5.74) is 1.23. The molecule has 0 saturated carbocycles. The molecule has 1 aromatic carbocycles. The second-order valence-electron chi connectivity index (χ2n) is 6.79. The van der Waals surface area contributed by atoms with Gasteiger partial charge in [-0.25, -0.2) is 14.8 Å². The topological polar surface area (TPSA) is 96.3 Å². The molecule has 1 amide bonds. The van der Waals surface area contributed by atoms with E-state index in [9.17, 15) is 14.7 Å². The van der Waals surface area contributed by atoms with E-state index in [0.717, 1.165) is 0 Å². The van der Waals surface area contributed by atoms with Crippen LogP contribution in [0.4, 0.5) is 0 Å². The third-order valence-corrected chi connectivity index (χ3v) is 5.67. The van der Waals surface area contributed by atoms with Gasteiger partial charge in [-0.15, -0.1) is 0 Å². The van der Waals surface area contributed by atoms with Crippen molar-refractivity contribution in [3.05, 3.63) is 76.2 Å². The fraction of sp³-hybridized carbons (Fsp3) is 0.190. The second kappa shape index (κ2) is 8.38. The number of carboxylic acids is 1. The van der Waals surface area contributed by atoms with Crippen molar-refractivity contribution in [1.82, 2.24) is 19.9 Å². The molecular formula is C21H16Cl2N4O3. The number of carbonyl (C=O) groups is 2. The van der Waals surface area contributed by atoms with Crippen LogP contribution in [0.2, 0.25) is 10.2 Å². The molecule has 1 saturated heterocycles. The van der Waals surface area contributed by atoms with Gasteiger partial charge in [0.05, 0.1) is 11.6 Å². The van der Waals surface area contributed by atoms with E-state index < -0.39 is 24.0 Å². The zero-order valence-electron chi connectivity index (χ0n) is 15.6. The predicted molar refractivity (Wildman–Crippen MR) is 111 cm³/mol. The minimum absolute atomic E-state index is 0.0292. The van der Waals surface area contributed by atoms with Crippen LogP contribution in [0.1, 0.15) is 34.8 Å². The van der Waals surface area contributed by atoms with Crippen molar-refractivity contribution in [2.24, 2.45) is 0 Å². The third kappa shape index (κ3) is 3.74. The molecule has 4 rings (SSSR count). The van der Waals surface area contributed by atoms with Crippen molar-refractivity contribution in [2.45, 2.75) is 24.9 Å². The summed E-state index contributed by atoms with van der Waals surface area (Å²) >= 11 is 12.6. The molecule has 0 spiro atoms. The summed E-state index contributed by atoms with van der Waals surface area (Å²) in [7, 11) is 0. The van der Waals surface area contributed by atoms with E-state index in [1.54, 1.807) is 48.7 Å². The molecule has 0 radical (unpaired) electrons. The molecule has 1 unspecified atom stereocenters. The lowest BCUT2D eigenvalue weighted by molar-refractivity contribution is -0.141. The Balaban J connectivity index is 1.72. The second-order valence-corrected chi connectivity index (χ2v) is 7.56. The van der Waals surface area contributed by atoms with Gasteiger partial charge in [0.1, 0.15) is 16.9 Å². The number of pyridine rings is 1. The van der Waals surface area contributed by atoms with Crippen LogP contribution in [0.5, 0.6) is 0 Å². The van der Waals surface area contributed by atoms with Gasteiger partial charge in [0, 0.05) is 17.4 Å². The van der Waals surface area contributed by atoms with Crippen molar-refractivity contribution in [3.8, 4) is 11.5 Å². The van der Waals surface area contributed by atoms with Crippen LogP contribution in [0.25, 0.3) is 11.5 Å². The van der Waals surface area contributed by atoms with Gasteiger partial charge >= 0.3 is 5.97 Å². The number of nitrogens with zero attached hydrogens (tertiary/aromatic N) is 4. The van der Waals surface area contributed by atoms with Crippen LogP contribution in [0.3, 0.4) is 0 Å². The molecule has 2 aromatic heterocycles. The van der Waals surface area contributed by atoms with Crippen molar-refractivity contribution < 1.29 is 14.7 Å². The summed E-state index contributed by atoms with van der Waals surface area (Å²) in [6.45, 7) is 0. The smallest absolute Gasteiger partial charge is 0.326 e. The van der Waals surface area contributed by atoms with Crippen LogP contribution in [0, 0.1) is 0 Å². The fourth-order valence-corrected chi connectivity index (χ4v) is 4.12. The number of carboxylic acid groups (broad SMARTS) is 1. The van der Waals surface area contributed by atoms with Crippen LogP contribution >= 0.6 is 23.2 Å². The Morgan fingerprint density at radius 2 is 1.80 bits per heavy atom. The summed E-state index contributed by atoms with van der Waals surface area (Å²) < 4.78 is 0. The molecule has 30 heavy (non-hydrogen) atoms. The lowest BCUT2D eigenvalue weighted by Crippen LogP contribution is -2.42. The first-order chi connectivity index (χ1) is 14.5. The Morgan fingerprint density at radius 1 is 1.03 bits per heavy atom. The quantitative estimate of drug-likeness (QED) is 0.605. The molecule has 9 heteroatoms. The lowest BCUT2D eigenvalue weighted by Gasteiger charge is -2.29. The standard InChI is InChI=1S/C21H16Cl2N4O3/c22-14-6-2-1-5-12(14)16-8-9-17(21(29)30)27(16)20(28)13-11-25-19(26-18(13)23)15-7-3-4-10-24-15/h1-7,10-11,16-17H,8-9H2,(H,29,30)/t16?,17-/m0/s1. The Labute approximate surface area is 182 Å². The summed E-state index contributed by atoms with van der Waals surface area (Å²) in [4.78, 5) is 39.1. The molecule has 2 atom stereocenters. The van der Waals surface area contributed by atoms with Gasteiger partial charge in [0.15, 0.2) is 5.82 Å². The number of hydrogen-bond acceptors (Lipinski definition) is 5. The molecule has 0 bridgehead atoms. The maximum atomic E-state index is 13.4. The number of halogens is 2. The number of carbonyl (C=O) groups excluding carboxylic acids is 1. The van der Waals surface area contributed by atoms with E-state index in [-0.39, 0.29) is 16.5 Å². The molecular weight excluding hydrogens is 427 g/mol. The van der Waals surface area contributed by atoms with E-state index in [4.69, 9.17) is 23.2 Å². The maximum absolute atomic E-state index is 13.4. The molecule has 152 valence electrons. The highest BCUT2D eigenvalue weighted by molar-refractivity contribution is 6.33. The number of hydrogen-bond donors (Lipinski definition) is 1. The first-order valence-electron chi connectivity index (χ1n) is 9.21. The minimum atomic E-state index is -1.08. The highest BCUT2D eigenvalue weighted by Gasteiger charge is 2.43. The van der Waals surface area contributed by atoms with Gasteiger partial charge in [-0.3, -0.25) is 9.78 Å². The number of aliphatic carboxylic acids is 1. The van der Waals surface area contributed by atoms with Crippen molar-refractivity contribution >= 4 is 35.1 Å². The van der Waals surface area contributed by atoms with Gasteiger partial charge in [-0.1, -0.05) is 47.5 Å². The molecule has 7 nitrogen and oxygen atoms in total. The molecule has 1 N–H and O–H groups in total. The molecule has 1 aliphatic heterocycles. The van der Waals surface area contributed by atoms with Crippen LogP contribution in [-0.2, 0) is 4.79 Å². The first kappa shape index (κ1) is 20.3. The highest BCUT2D eigenvalue weighted by Crippen LogP contribution is 2.40. The predicted octanol–water partition coefficient (Wildman–Crippen LogP) is 4.28. The Bertz CT molecular complexity index is 1110. The molecule has 3 heterocycles. The maximum Gasteiger partial charge on any atom is 0.326 e. The van der Waals surface area contributed by atoms with Gasteiger partial charge in [-0.2, -0.15) is 0 Å². The molecule has 3 aromatic rings. The van der Waals surface area contributed by atoms with Crippen LogP contribution in [-0.4, -0.2) is 42.9 Å². The van der Waals surface area contributed by atoms with Crippen molar-refractivity contribution in [3.63, 3.8) is 0 Å². The van der Waals surface area contributed by atoms with Gasteiger partial charge in [-0.05, 0) is 36.6 Å². The van der Waals surface area contributed by atoms with Gasteiger partial charge < -0.3 is 10.0 Å². The zero-order valence-corrected chi connectivity index (χ0v) is 17.1. The largest absolute Gasteiger partial charge is 0.480 e. The average molecular weight is 443 g/mol. The molecule has 1 fully saturated rings. The number of benzene rings is 1. The Morgan fingerprint density at radius 3 is 2.47 bits per heavy atom. The highest BCUT2D eigenvalue weighted by atomic mass is 35.5. The van der Waals surface area contributed by atoms with Gasteiger partial charge in [0.2, 0.25) is 0 Å². The van der Waals surface area contributed by atoms with Gasteiger partial charge in [0.25, 0.3) is 5.91 Å². The normalized spacial score (nSPS) is 18.4. The number of likely N-dealkylation sites (tertiary alicyclic amines) is 1. The monoisotopic (exact) mass is 442 g/mol. The average Bonchev–Trinajstić information content (AvgIpc) is 3.19. The molecule has 0 aliphatic carbocycles. The zero-order chi connectivity index (χ0) is 21.3. The summed E-state index contributed by atoms with van der Waals surface area (Å²) in [6.07, 6.45) is 3.68. The Hall–Kier alpha value is -3.03. The van der Waals surface area contributed by atoms with Crippen molar-refractivity contribution in [2.75, 3.05) is 0 Å². The summed E-state index contributed by atoms with van der Waals surface area (Å²) in [6, 6.07) is 10.9. The number of amides is 1. The SMILES string of the molecule is O=C(O)[C@@H]1CCC(c2ccccc2Cl)N1C(=O)c1cnc(-c2ccccn2)nc1Cl. The minimum Gasteiger partial charge on any atom is -0.480 e. The van der Waals surface area contributed by atoms with E-state index in [0.29, 0.717) is 29.1 Å². The third-order valence-electron chi connectivity index (χ3n) is 5.04. The van der Waals surface area contributed by atoms with Crippen molar-refractivity contribution in [1.29, 1.82) is 0 Å². The van der Waals surface area contributed by atoms with E-state index >= 15 is 0 Å².